The maximum atomic E-state index is 13.3. The fraction of sp³-hybridized carbons (Fsp3) is 0.280. The van der Waals surface area contributed by atoms with Crippen molar-refractivity contribution >= 4 is 33.2 Å². The summed E-state index contributed by atoms with van der Waals surface area (Å²) < 4.78 is 16.8. The van der Waals surface area contributed by atoms with Crippen LogP contribution in [0.15, 0.2) is 58.5 Å². The number of furan rings is 1. The van der Waals surface area contributed by atoms with Gasteiger partial charge >= 0.3 is 0 Å². The van der Waals surface area contributed by atoms with Crippen molar-refractivity contribution in [2.45, 2.75) is 31.7 Å². The lowest BCUT2D eigenvalue weighted by atomic mass is 10.0. The van der Waals surface area contributed by atoms with Gasteiger partial charge in [-0.3, -0.25) is 4.79 Å². The monoisotopic (exact) mass is 474 g/mol. The number of hydrogen-bond acceptors (Lipinski definition) is 8. The quantitative estimate of drug-likeness (QED) is 0.408. The Morgan fingerprint density at radius 3 is 2.88 bits per heavy atom. The lowest BCUT2D eigenvalue weighted by Gasteiger charge is -2.20. The highest BCUT2D eigenvalue weighted by atomic mass is 32.1. The molecule has 1 atom stereocenters. The Bertz CT molecular complexity index is 1380. The van der Waals surface area contributed by atoms with Crippen LogP contribution in [0.25, 0.3) is 10.2 Å². The van der Waals surface area contributed by atoms with E-state index in [0.29, 0.717) is 18.1 Å². The summed E-state index contributed by atoms with van der Waals surface area (Å²) in [6, 6.07) is 11.0. The van der Waals surface area contributed by atoms with Gasteiger partial charge in [0.1, 0.15) is 28.7 Å². The predicted molar refractivity (Wildman–Crippen MR) is 127 cm³/mol. The van der Waals surface area contributed by atoms with Crippen molar-refractivity contribution in [1.29, 1.82) is 0 Å². The third-order valence-corrected chi connectivity index (χ3v) is 7.46. The summed E-state index contributed by atoms with van der Waals surface area (Å²) in [7, 11) is 1.63. The maximum absolute atomic E-state index is 13.3. The summed E-state index contributed by atoms with van der Waals surface area (Å²) in [4.78, 5) is 24.3. The number of hydrogen-bond donors (Lipinski definition) is 0. The van der Waals surface area contributed by atoms with Crippen LogP contribution in [0.5, 0.6) is 11.6 Å². The molecule has 4 aromatic rings. The Balaban J connectivity index is 1.26. The highest BCUT2D eigenvalue weighted by molar-refractivity contribution is 7.18. The molecule has 0 spiro atoms. The summed E-state index contributed by atoms with van der Waals surface area (Å²) >= 11 is 1.69. The van der Waals surface area contributed by atoms with Crippen molar-refractivity contribution in [2.75, 3.05) is 13.7 Å². The first-order valence-electron chi connectivity index (χ1n) is 11.2. The molecule has 0 radical (unpaired) electrons. The van der Waals surface area contributed by atoms with Crippen molar-refractivity contribution < 1.29 is 18.7 Å². The lowest BCUT2D eigenvalue weighted by Crippen LogP contribution is -2.31. The number of carbonyl (C=O) groups is 1. The average Bonchev–Trinajstić information content (AvgIpc) is 3.65. The van der Waals surface area contributed by atoms with E-state index in [2.05, 4.69) is 15.1 Å². The number of thiophene rings is 1. The number of aromatic nitrogens is 2. The molecule has 8 nitrogen and oxygen atoms in total. The van der Waals surface area contributed by atoms with Gasteiger partial charge in [0.05, 0.1) is 24.5 Å². The number of aryl methyl sites for hydroxylation is 2. The first-order valence-corrected chi connectivity index (χ1v) is 12.0. The number of carbonyl (C=O) groups excluding carboxylic acids is 1. The first-order chi connectivity index (χ1) is 16.7. The van der Waals surface area contributed by atoms with Crippen LogP contribution in [-0.4, -0.2) is 40.3 Å². The second kappa shape index (κ2) is 8.57. The van der Waals surface area contributed by atoms with Gasteiger partial charge in [0, 0.05) is 11.3 Å². The second-order valence-electron chi connectivity index (χ2n) is 8.25. The van der Waals surface area contributed by atoms with E-state index in [1.807, 2.05) is 36.4 Å². The topological polar surface area (TPSA) is 90.0 Å². The highest BCUT2D eigenvalue weighted by Crippen LogP contribution is 2.40. The molecule has 0 unspecified atom stereocenters. The van der Waals surface area contributed by atoms with Gasteiger partial charge in [-0.05, 0) is 66.8 Å². The largest absolute Gasteiger partial charge is 0.497 e. The molecule has 4 heterocycles. The summed E-state index contributed by atoms with van der Waals surface area (Å²) in [6.45, 7) is -0.173. The van der Waals surface area contributed by atoms with E-state index in [0.717, 1.165) is 46.5 Å². The van der Waals surface area contributed by atoms with E-state index in [-0.39, 0.29) is 18.6 Å². The molecule has 1 amide bonds. The van der Waals surface area contributed by atoms with Gasteiger partial charge < -0.3 is 13.9 Å². The van der Waals surface area contributed by atoms with Gasteiger partial charge in [-0.15, -0.1) is 11.3 Å². The van der Waals surface area contributed by atoms with Gasteiger partial charge in [0.15, 0.2) is 6.61 Å². The number of ether oxygens (including phenoxy) is 2. The van der Waals surface area contributed by atoms with Gasteiger partial charge in [-0.2, -0.15) is 5.10 Å². The predicted octanol–water partition coefficient (Wildman–Crippen LogP) is 4.54. The Hall–Kier alpha value is -3.72. The minimum absolute atomic E-state index is 0.173. The minimum atomic E-state index is -0.334. The molecule has 2 aliphatic rings. The Labute approximate surface area is 199 Å². The molecule has 0 bridgehead atoms. The third-order valence-electron chi connectivity index (χ3n) is 6.26. The van der Waals surface area contributed by atoms with Gasteiger partial charge in [-0.1, -0.05) is 0 Å². The molecule has 172 valence electrons. The Kier molecular flexibility index (Phi) is 5.26. The molecule has 1 aliphatic heterocycles. The lowest BCUT2D eigenvalue weighted by molar-refractivity contribution is -0.135. The van der Waals surface area contributed by atoms with Crippen LogP contribution in [0, 0.1) is 0 Å². The molecular weight excluding hydrogens is 452 g/mol. The summed E-state index contributed by atoms with van der Waals surface area (Å²) in [5.41, 5.74) is 3.00. The summed E-state index contributed by atoms with van der Waals surface area (Å²) in [5, 5.41) is 7.07. The fourth-order valence-electron chi connectivity index (χ4n) is 4.61. The standard InChI is InChI=1S/C25H22N4O4S/c1-31-16-9-7-15(8-10-16)18-12-19(20-5-3-11-32-20)29(28-18)22(30)13-33-24-23-17-4-2-6-21(17)34-25(23)27-14-26-24/h3,5,7-11,14,19H,2,4,6,12-13H2,1H3/t19-/m1/s1. The number of hydrazone groups is 1. The van der Waals surface area contributed by atoms with Crippen LogP contribution in [0.4, 0.5) is 0 Å². The van der Waals surface area contributed by atoms with E-state index < -0.39 is 0 Å². The molecule has 9 heteroatoms. The summed E-state index contributed by atoms with van der Waals surface area (Å²) in [6.07, 6.45) is 6.84. The SMILES string of the molecule is COc1ccc(C2=NN(C(=O)COc3ncnc4sc5c(c34)CCC5)[C@@H](c3ccco3)C2)cc1. The van der Waals surface area contributed by atoms with Gasteiger partial charge in [0.2, 0.25) is 5.88 Å². The van der Waals surface area contributed by atoms with Crippen molar-refractivity contribution in [1.82, 2.24) is 15.0 Å². The van der Waals surface area contributed by atoms with E-state index >= 15 is 0 Å². The normalized spacial score (nSPS) is 17.1. The highest BCUT2D eigenvalue weighted by Gasteiger charge is 2.35. The minimum Gasteiger partial charge on any atom is -0.497 e. The molecule has 0 fully saturated rings. The third kappa shape index (κ3) is 3.62. The maximum Gasteiger partial charge on any atom is 0.281 e. The number of benzene rings is 1. The first kappa shape index (κ1) is 20.9. The zero-order valence-corrected chi connectivity index (χ0v) is 19.4. The van der Waals surface area contributed by atoms with Crippen LogP contribution < -0.4 is 9.47 Å². The van der Waals surface area contributed by atoms with Crippen LogP contribution in [0.3, 0.4) is 0 Å². The fourth-order valence-corrected chi connectivity index (χ4v) is 5.83. The summed E-state index contributed by atoms with van der Waals surface area (Å²) in [5.74, 6) is 1.65. The average molecular weight is 475 g/mol. The zero-order chi connectivity index (χ0) is 23.1. The number of amides is 1. The van der Waals surface area contributed by atoms with Gasteiger partial charge in [0.25, 0.3) is 5.91 Å². The van der Waals surface area contributed by atoms with Crippen LogP contribution >= 0.6 is 11.3 Å². The van der Waals surface area contributed by atoms with E-state index in [1.54, 1.807) is 24.7 Å². The molecule has 1 aliphatic carbocycles. The zero-order valence-electron chi connectivity index (χ0n) is 18.6. The second-order valence-corrected chi connectivity index (χ2v) is 9.34. The Morgan fingerprint density at radius 1 is 1.21 bits per heavy atom. The molecule has 1 aromatic carbocycles. The van der Waals surface area contributed by atoms with Crippen molar-refractivity contribution in [2.24, 2.45) is 5.10 Å². The van der Waals surface area contributed by atoms with Crippen LogP contribution in [0.1, 0.15) is 40.6 Å². The van der Waals surface area contributed by atoms with E-state index in [4.69, 9.17) is 13.9 Å². The molecule has 0 N–H and O–H groups in total. The molecule has 6 rings (SSSR count). The van der Waals surface area contributed by atoms with Crippen LogP contribution in [0.2, 0.25) is 0 Å². The number of rotatable bonds is 6. The molecule has 3 aromatic heterocycles. The van der Waals surface area contributed by atoms with Crippen molar-refractivity contribution in [3.8, 4) is 11.6 Å². The van der Waals surface area contributed by atoms with Crippen molar-refractivity contribution in [3.63, 3.8) is 0 Å². The molecular formula is C25H22N4O4S. The van der Waals surface area contributed by atoms with Crippen LogP contribution in [-0.2, 0) is 17.6 Å². The van der Waals surface area contributed by atoms with E-state index in [9.17, 15) is 4.79 Å². The van der Waals surface area contributed by atoms with Gasteiger partial charge in [-0.25, -0.2) is 15.0 Å². The molecule has 0 saturated heterocycles. The number of methoxy groups -OCH3 is 1. The van der Waals surface area contributed by atoms with Crippen molar-refractivity contribution in [3.05, 3.63) is 70.8 Å². The smallest absolute Gasteiger partial charge is 0.281 e. The Morgan fingerprint density at radius 2 is 2.09 bits per heavy atom. The van der Waals surface area contributed by atoms with E-state index in [1.165, 1.54) is 21.8 Å². The molecule has 34 heavy (non-hydrogen) atoms. The molecule has 0 saturated carbocycles. The number of nitrogens with zero attached hydrogens (tertiary/aromatic N) is 4. The number of fused-ring (bicyclic) bond motifs is 3.